The Labute approximate surface area is 120 Å². The molecule has 0 saturated heterocycles. The van der Waals surface area contributed by atoms with Gasteiger partial charge in [-0.05, 0) is 24.3 Å². The fraction of sp³-hybridized carbons (Fsp3) is 0.412. The minimum atomic E-state index is 0.827. The molecule has 0 aliphatic carbocycles. The molecule has 1 aliphatic heterocycles. The third-order valence-electron chi connectivity index (χ3n) is 3.71. The number of benzene rings is 1. The Morgan fingerprint density at radius 2 is 2.15 bits per heavy atom. The van der Waals surface area contributed by atoms with E-state index in [1.165, 1.54) is 30.4 Å². The maximum Gasteiger partial charge on any atom is 0.163 e. The smallest absolute Gasteiger partial charge is 0.163 e. The molecule has 0 fully saturated rings. The van der Waals surface area contributed by atoms with Crippen molar-refractivity contribution in [3.05, 3.63) is 35.5 Å². The van der Waals surface area contributed by atoms with E-state index in [9.17, 15) is 0 Å². The maximum absolute atomic E-state index is 4.25. The second-order valence-electron chi connectivity index (χ2n) is 5.18. The summed E-state index contributed by atoms with van der Waals surface area (Å²) in [5.74, 6) is 6.45. The van der Waals surface area contributed by atoms with Crippen molar-refractivity contribution in [1.29, 1.82) is 0 Å². The summed E-state index contributed by atoms with van der Waals surface area (Å²) in [6.45, 7) is 3.11. The highest BCUT2D eigenvalue weighted by molar-refractivity contribution is 5.70. The summed E-state index contributed by atoms with van der Waals surface area (Å²) in [7, 11) is 0. The average Bonchev–Trinajstić information content (AvgIpc) is 2.91. The summed E-state index contributed by atoms with van der Waals surface area (Å²) in [5.41, 5.74) is 4.53. The first-order chi connectivity index (χ1) is 9.90. The zero-order valence-corrected chi connectivity index (χ0v) is 11.9. The Kier molecular flexibility index (Phi) is 3.83. The fourth-order valence-electron chi connectivity index (χ4n) is 2.63. The number of aryl methyl sites for hydroxylation is 2. The summed E-state index contributed by atoms with van der Waals surface area (Å²) >= 11 is 0. The van der Waals surface area contributed by atoms with Crippen molar-refractivity contribution in [2.45, 2.75) is 45.6 Å². The fourth-order valence-corrected chi connectivity index (χ4v) is 2.63. The van der Waals surface area contributed by atoms with E-state index < -0.39 is 0 Å². The minimum Gasteiger partial charge on any atom is -0.243 e. The average molecular weight is 265 g/mol. The molecule has 0 atom stereocenters. The van der Waals surface area contributed by atoms with E-state index in [1.807, 2.05) is 4.68 Å². The molecule has 2 heterocycles. The van der Waals surface area contributed by atoms with E-state index in [0.29, 0.717) is 0 Å². The molecule has 3 rings (SSSR count). The molecule has 2 aromatic rings. The zero-order valence-electron chi connectivity index (χ0n) is 11.9. The molecule has 0 spiro atoms. The minimum absolute atomic E-state index is 0.827. The number of nitrogens with zero attached hydrogens (tertiary/aromatic N) is 3. The Hall–Kier alpha value is -2.08. The van der Waals surface area contributed by atoms with E-state index in [2.05, 4.69) is 53.3 Å². The summed E-state index contributed by atoms with van der Waals surface area (Å²) in [6.07, 6.45) is 5.62. The molecule has 0 N–H and O–H groups in total. The molecule has 1 aliphatic rings. The van der Waals surface area contributed by atoms with Gasteiger partial charge >= 0.3 is 0 Å². The SMILES string of the molecule is CCCCCC#Cc1nnn2c1-c1ccccc1CC2. The maximum atomic E-state index is 4.25. The van der Waals surface area contributed by atoms with Crippen LogP contribution in [0.1, 0.15) is 43.9 Å². The molecule has 0 unspecified atom stereocenters. The summed E-state index contributed by atoms with van der Waals surface area (Å²) in [5, 5.41) is 8.49. The van der Waals surface area contributed by atoms with Crippen LogP contribution in [0.25, 0.3) is 11.3 Å². The van der Waals surface area contributed by atoms with Gasteiger partial charge in [0.2, 0.25) is 0 Å². The molecule has 1 aromatic carbocycles. The first-order valence-corrected chi connectivity index (χ1v) is 7.41. The Morgan fingerprint density at radius 3 is 3.05 bits per heavy atom. The Balaban J connectivity index is 1.88. The highest BCUT2D eigenvalue weighted by Crippen LogP contribution is 2.30. The second-order valence-corrected chi connectivity index (χ2v) is 5.18. The number of unbranched alkanes of at least 4 members (excludes halogenated alkanes) is 3. The summed E-state index contributed by atoms with van der Waals surface area (Å²) in [4.78, 5) is 0. The monoisotopic (exact) mass is 265 g/mol. The van der Waals surface area contributed by atoms with Crippen LogP contribution in [0.15, 0.2) is 24.3 Å². The van der Waals surface area contributed by atoms with Gasteiger partial charge in [0.25, 0.3) is 0 Å². The first kappa shape index (κ1) is 12.9. The third kappa shape index (κ3) is 2.46. The number of hydrogen-bond donors (Lipinski definition) is 0. The standard InChI is InChI=1S/C17H19N3/c1-2-3-4-5-6-11-16-17-15-10-8-7-9-14(15)12-13-20(17)19-18-16/h7-10H,2-5,12-13H2,1H3. The topological polar surface area (TPSA) is 30.7 Å². The van der Waals surface area contributed by atoms with Crippen LogP contribution in [-0.4, -0.2) is 15.0 Å². The van der Waals surface area contributed by atoms with E-state index >= 15 is 0 Å². The summed E-state index contributed by atoms with van der Waals surface area (Å²) < 4.78 is 1.98. The van der Waals surface area contributed by atoms with Gasteiger partial charge in [-0.1, -0.05) is 55.2 Å². The van der Waals surface area contributed by atoms with Gasteiger partial charge in [0.15, 0.2) is 5.69 Å². The lowest BCUT2D eigenvalue weighted by molar-refractivity contribution is 0.583. The van der Waals surface area contributed by atoms with Crippen LogP contribution in [0.5, 0.6) is 0 Å². The molecule has 102 valence electrons. The molecule has 1 aromatic heterocycles. The lowest BCUT2D eigenvalue weighted by Crippen LogP contribution is -2.12. The van der Waals surface area contributed by atoms with Crippen LogP contribution in [0.3, 0.4) is 0 Å². The second kappa shape index (κ2) is 5.92. The van der Waals surface area contributed by atoms with Gasteiger partial charge in [-0.25, -0.2) is 4.68 Å². The van der Waals surface area contributed by atoms with Gasteiger partial charge in [-0.3, -0.25) is 0 Å². The van der Waals surface area contributed by atoms with Crippen molar-refractivity contribution in [2.75, 3.05) is 0 Å². The van der Waals surface area contributed by atoms with Crippen LogP contribution in [-0.2, 0) is 13.0 Å². The van der Waals surface area contributed by atoms with E-state index in [1.54, 1.807) is 0 Å². The van der Waals surface area contributed by atoms with Crippen molar-refractivity contribution in [2.24, 2.45) is 0 Å². The van der Waals surface area contributed by atoms with Crippen molar-refractivity contribution in [3.63, 3.8) is 0 Å². The Morgan fingerprint density at radius 1 is 1.25 bits per heavy atom. The first-order valence-electron chi connectivity index (χ1n) is 7.41. The van der Waals surface area contributed by atoms with Gasteiger partial charge < -0.3 is 0 Å². The highest BCUT2D eigenvalue weighted by atomic mass is 15.4. The van der Waals surface area contributed by atoms with Crippen LogP contribution in [0.2, 0.25) is 0 Å². The Bertz CT molecular complexity index is 658. The molecule has 0 saturated carbocycles. The number of hydrogen-bond acceptors (Lipinski definition) is 2. The van der Waals surface area contributed by atoms with E-state index in [4.69, 9.17) is 0 Å². The normalized spacial score (nSPS) is 12.2. The molecule has 0 radical (unpaired) electrons. The van der Waals surface area contributed by atoms with Crippen molar-refractivity contribution >= 4 is 0 Å². The molecular formula is C17H19N3. The molecule has 0 bridgehead atoms. The number of rotatable bonds is 3. The number of aromatic nitrogens is 3. The van der Waals surface area contributed by atoms with Gasteiger partial charge in [0, 0.05) is 18.5 Å². The van der Waals surface area contributed by atoms with Gasteiger partial charge in [0.1, 0.15) is 5.69 Å². The number of fused-ring (bicyclic) bond motifs is 3. The molecular weight excluding hydrogens is 246 g/mol. The third-order valence-corrected chi connectivity index (χ3v) is 3.71. The van der Waals surface area contributed by atoms with Crippen LogP contribution < -0.4 is 0 Å². The molecule has 3 nitrogen and oxygen atoms in total. The lowest BCUT2D eigenvalue weighted by atomic mass is 9.97. The molecule has 20 heavy (non-hydrogen) atoms. The van der Waals surface area contributed by atoms with Crippen LogP contribution >= 0.6 is 0 Å². The largest absolute Gasteiger partial charge is 0.243 e. The van der Waals surface area contributed by atoms with Crippen molar-refractivity contribution in [3.8, 4) is 23.1 Å². The van der Waals surface area contributed by atoms with E-state index in [0.717, 1.165) is 30.8 Å². The van der Waals surface area contributed by atoms with Crippen LogP contribution in [0.4, 0.5) is 0 Å². The highest BCUT2D eigenvalue weighted by Gasteiger charge is 2.20. The van der Waals surface area contributed by atoms with Gasteiger partial charge in [0.05, 0.1) is 0 Å². The van der Waals surface area contributed by atoms with E-state index in [-0.39, 0.29) is 0 Å². The predicted molar refractivity (Wildman–Crippen MR) is 80.2 cm³/mol. The van der Waals surface area contributed by atoms with Gasteiger partial charge in [-0.2, -0.15) is 0 Å². The quantitative estimate of drug-likeness (QED) is 0.629. The zero-order chi connectivity index (χ0) is 13.8. The summed E-state index contributed by atoms with van der Waals surface area (Å²) in [6, 6.07) is 8.49. The predicted octanol–water partition coefficient (Wildman–Crippen LogP) is 3.43. The van der Waals surface area contributed by atoms with Crippen molar-refractivity contribution in [1.82, 2.24) is 15.0 Å². The lowest BCUT2D eigenvalue weighted by Gasteiger charge is -2.16. The van der Waals surface area contributed by atoms with Crippen molar-refractivity contribution < 1.29 is 0 Å². The van der Waals surface area contributed by atoms with Gasteiger partial charge in [-0.15, -0.1) is 5.10 Å². The molecule has 3 heteroatoms. The van der Waals surface area contributed by atoms with Crippen LogP contribution in [0, 0.1) is 11.8 Å². The molecule has 0 amide bonds.